The molecule has 2 unspecified atom stereocenters. The Bertz CT molecular complexity index is 1440. The van der Waals surface area contributed by atoms with Crippen LogP contribution >= 0.6 is 11.6 Å². The van der Waals surface area contributed by atoms with Gasteiger partial charge in [-0.3, -0.25) is 9.36 Å². The molecule has 0 radical (unpaired) electrons. The zero-order valence-corrected chi connectivity index (χ0v) is 24.6. The lowest BCUT2D eigenvalue weighted by molar-refractivity contribution is -0.122. The van der Waals surface area contributed by atoms with Gasteiger partial charge in [-0.05, 0) is 24.6 Å². The quantitative estimate of drug-likeness (QED) is 0.350. The van der Waals surface area contributed by atoms with E-state index in [0.29, 0.717) is 29.8 Å². The van der Waals surface area contributed by atoms with Crippen LogP contribution < -0.4 is 19.7 Å². The maximum absolute atomic E-state index is 13.3. The number of methoxy groups -OCH3 is 2. The monoisotopic (exact) mass is 592 g/mol. The molecule has 2 aromatic heterocycles. The molecule has 1 fully saturated rings. The maximum Gasteiger partial charge on any atom is 0.281 e. The second-order valence-electron chi connectivity index (χ2n) is 9.42. The van der Waals surface area contributed by atoms with E-state index in [1.165, 1.54) is 18.4 Å². The molecule has 0 spiro atoms. The van der Waals surface area contributed by atoms with Crippen molar-refractivity contribution in [2.24, 2.45) is 0 Å². The highest BCUT2D eigenvalue weighted by Gasteiger charge is 2.36. The van der Waals surface area contributed by atoms with Crippen molar-refractivity contribution in [1.82, 2.24) is 33.4 Å². The molecule has 1 N–H and O–H groups in total. The molecule has 1 aromatic carbocycles. The molecule has 0 bridgehead atoms. The Labute approximate surface area is 238 Å². The molecule has 1 aliphatic heterocycles. The van der Waals surface area contributed by atoms with Crippen molar-refractivity contribution in [3.05, 3.63) is 53.7 Å². The number of nitrogens with zero attached hydrogens (tertiary/aromatic N) is 7. The molecule has 15 heteroatoms. The van der Waals surface area contributed by atoms with E-state index in [-0.39, 0.29) is 36.6 Å². The first-order chi connectivity index (χ1) is 19.0. The summed E-state index contributed by atoms with van der Waals surface area (Å²) in [7, 11) is 2.38. The van der Waals surface area contributed by atoms with Crippen LogP contribution in [0.2, 0.25) is 5.15 Å². The topological polar surface area (TPSA) is 135 Å². The first-order valence-corrected chi connectivity index (χ1v) is 14.3. The Morgan fingerprint density at radius 1 is 1.18 bits per heavy atom. The number of piperazine rings is 1. The van der Waals surface area contributed by atoms with Crippen molar-refractivity contribution in [2.75, 3.05) is 52.8 Å². The molecule has 1 aliphatic rings. The number of rotatable bonds is 10. The molecule has 0 aliphatic carbocycles. The van der Waals surface area contributed by atoms with Gasteiger partial charge in [0, 0.05) is 58.6 Å². The zero-order chi connectivity index (χ0) is 29.0. The minimum atomic E-state index is -3.70. The third kappa shape index (κ3) is 6.46. The van der Waals surface area contributed by atoms with Gasteiger partial charge < -0.3 is 19.7 Å². The fraction of sp³-hybridized carbons (Fsp3) is 0.440. The molecule has 3 aromatic rings. The number of amides is 1. The van der Waals surface area contributed by atoms with Gasteiger partial charge in [0.2, 0.25) is 11.9 Å². The van der Waals surface area contributed by atoms with E-state index in [2.05, 4.69) is 20.3 Å². The summed E-state index contributed by atoms with van der Waals surface area (Å²) >= 11 is 6.34. The minimum Gasteiger partial charge on any atom is -0.493 e. The van der Waals surface area contributed by atoms with Crippen molar-refractivity contribution in [3.63, 3.8) is 0 Å². The first-order valence-electron chi connectivity index (χ1n) is 12.5. The summed E-state index contributed by atoms with van der Waals surface area (Å²) in [6.45, 7) is 2.46. The SMILES string of the molecule is COc1ccc(C(C)NC(=O)CC2CN(S(=O)(=O)N(C)C)CCN2c2cc(Cl)nc(-n3ccnc3)n2)cc1OC. The summed E-state index contributed by atoms with van der Waals surface area (Å²) in [5.41, 5.74) is 0.830. The molecule has 40 heavy (non-hydrogen) atoms. The Morgan fingerprint density at radius 2 is 1.93 bits per heavy atom. The molecule has 4 rings (SSSR count). The normalized spacial score (nSPS) is 17.1. The number of hydrogen-bond acceptors (Lipinski definition) is 9. The number of nitrogens with one attached hydrogen (secondary N) is 1. The van der Waals surface area contributed by atoms with Crippen LogP contribution in [0.3, 0.4) is 0 Å². The molecule has 1 amide bonds. The largest absolute Gasteiger partial charge is 0.493 e. The van der Waals surface area contributed by atoms with E-state index in [1.54, 1.807) is 49.6 Å². The number of benzene rings is 1. The van der Waals surface area contributed by atoms with Crippen molar-refractivity contribution in [2.45, 2.75) is 25.4 Å². The number of halogens is 1. The van der Waals surface area contributed by atoms with E-state index in [1.807, 2.05) is 24.0 Å². The summed E-state index contributed by atoms with van der Waals surface area (Å²) in [6.07, 6.45) is 4.86. The van der Waals surface area contributed by atoms with Gasteiger partial charge in [0.25, 0.3) is 10.2 Å². The summed E-state index contributed by atoms with van der Waals surface area (Å²) in [6, 6.07) is 6.18. The summed E-state index contributed by atoms with van der Waals surface area (Å²) in [5, 5.41) is 3.22. The average Bonchev–Trinajstić information content (AvgIpc) is 3.47. The Balaban J connectivity index is 1.59. The molecule has 0 saturated carbocycles. The smallest absolute Gasteiger partial charge is 0.281 e. The van der Waals surface area contributed by atoms with Gasteiger partial charge in [-0.25, -0.2) is 9.97 Å². The highest BCUT2D eigenvalue weighted by molar-refractivity contribution is 7.86. The lowest BCUT2D eigenvalue weighted by atomic mass is 10.1. The predicted molar refractivity (Wildman–Crippen MR) is 150 cm³/mol. The van der Waals surface area contributed by atoms with Crippen LogP contribution in [-0.2, 0) is 15.0 Å². The highest BCUT2D eigenvalue weighted by Crippen LogP contribution is 2.30. The summed E-state index contributed by atoms with van der Waals surface area (Å²) < 4.78 is 40.8. The van der Waals surface area contributed by atoms with E-state index in [0.717, 1.165) is 9.87 Å². The fourth-order valence-corrected chi connectivity index (χ4v) is 5.81. The average molecular weight is 593 g/mol. The van der Waals surface area contributed by atoms with Gasteiger partial charge in [-0.1, -0.05) is 17.7 Å². The zero-order valence-electron chi connectivity index (χ0n) is 23.0. The number of ether oxygens (including phenoxy) is 2. The minimum absolute atomic E-state index is 0.0130. The fourth-order valence-electron chi connectivity index (χ4n) is 4.50. The summed E-state index contributed by atoms with van der Waals surface area (Å²) in [5.74, 6) is 1.68. The molecular weight excluding hydrogens is 560 g/mol. The lowest BCUT2D eigenvalue weighted by Gasteiger charge is -2.42. The van der Waals surface area contributed by atoms with Gasteiger partial charge in [0.05, 0.1) is 26.3 Å². The van der Waals surface area contributed by atoms with Gasteiger partial charge >= 0.3 is 0 Å². The van der Waals surface area contributed by atoms with Crippen LogP contribution in [0, 0.1) is 0 Å². The Kier molecular flexibility index (Phi) is 9.13. The van der Waals surface area contributed by atoms with E-state index in [9.17, 15) is 13.2 Å². The Hall–Kier alpha value is -3.46. The van der Waals surface area contributed by atoms with Gasteiger partial charge in [0.15, 0.2) is 11.5 Å². The van der Waals surface area contributed by atoms with E-state index >= 15 is 0 Å². The number of anilines is 1. The predicted octanol–water partition coefficient (Wildman–Crippen LogP) is 1.90. The van der Waals surface area contributed by atoms with Crippen LogP contribution in [0.1, 0.15) is 24.9 Å². The van der Waals surface area contributed by atoms with Crippen LogP contribution in [-0.4, -0.2) is 96.4 Å². The number of aromatic nitrogens is 4. The molecule has 2 atom stereocenters. The van der Waals surface area contributed by atoms with Crippen LogP contribution in [0.5, 0.6) is 11.5 Å². The second kappa shape index (κ2) is 12.4. The number of carbonyl (C=O) groups is 1. The third-order valence-corrected chi connectivity index (χ3v) is 8.74. The Morgan fingerprint density at radius 3 is 2.58 bits per heavy atom. The van der Waals surface area contributed by atoms with Crippen LogP contribution in [0.4, 0.5) is 5.82 Å². The van der Waals surface area contributed by atoms with Crippen molar-refractivity contribution in [3.8, 4) is 17.4 Å². The van der Waals surface area contributed by atoms with Gasteiger partial charge in [0.1, 0.15) is 17.3 Å². The lowest BCUT2D eigenvalue weighted by Crippen LogP contribution is -2.58. The molecule has 216 valence electrons. The number of hydrogen-bond donors (Lipinski definition) is 1. The van der Waals surface area contributed by atoms with E-state index in [4.69, 9.17) is 21.1 Å². The standard InChI is InChI=1S/C25H33ClN8O5S/c1-17(18-6-7-20(38-4)21(12-18)39-5)28-24(35)13-19-15-33(40(36,37)31(2)3)10-11-34(19)23-14-22(26)29-25(30-23)32-9-8-27-16-32/h6-9,12,14,16-17,19H,10-11,13,15H2,1-5H3,(H,28,35). The van der Waals surface area contributed by atoms with Crippen molar-refractivity contribution in [1.29, 1.82) is 0 Å². The van der Waals surface area contributed by atoms with Gasteiger partial charge in [-0.2, -0.15) is 22.0 Å². The van der Waals surface area contributed by atoms with Crippen molar-refractivity contribution < 1.29 is 22.7 Å². The second-order valence-corrected chi connectivity index (χ2v) is 12.0. The highest BCUT2D eigenvalue weighted by atomic mass is 35.5. The van der Waals surface area contributed by atoms with Gasteiger partial charge in [-0.15, -0.1) is 0 Å². The van der Waals surface area contributed by atoms with Crippen LogP contribution in [0.25, 0.3) is 5.95 Å². The maximum atomic E-state index is 13.3. The summed E-state index contributed by atoms with van der Waals surface area (Å²) in [4.78, 5) is 28.2. The molecule has 1 saturated heterocycles. The number of carbonyl (C=O) groups excluding carboxylic acids is 1. The molecule has 13 nitrogen and oxygen atoms in total. The van der Waals surface area contributed by atoms with Crippen molar-refractivity contribution >= 4 is 33.5 Å². The molecular formula is C25H33ClN8O5S. The molecule has 3 heterocycles. The first kappa shape index (κ1) is 29.5. The van der Waals surface area contributed by atoms with Crippen LogP contribution in [0.15, 0.2) is 43.0 Å². The van der Waals surface area contributed by atoms with E-state index < -0.39 is 16.3 Å². The number of imidazole rings is 1. The third-order valence-electron chi connectivity index (χ3n) is 6.64.